The Balaban J connectivity index is 1.92. The number of carbonyl (C=O) groups is 1. The number of halogens is 2. The van der Waals surface area contributed by atoms with E-state index >= 15 is 0 Å². The molecule has 0 saturated heterocycles. The average Bonchev–Trinajstić information content (AvgIpc) is 3.24. The van der Waals surface area contributed by atoms with Crippen molar-refractivity contribution in [1.29, 1.82) is 0 Å². The predicted molar refractivity (Wildman–Crippen MR) is 127 cm³/mol. The zero-order valence-corrected chi connectivity index (χ0v) is 20.3. The van der Waals surface area contributed by atoms with Crippen molar-refractivity contribution in [2.24, 2.45) is 0 Å². The summed E-state index contributed by atoms with van der Waals surface area (Å²) in [6.07, 6.45) is 1.45. The molecule has 9 heteroatoms. The Hall–Kier alpha value is -2.32. The second-order valence-electron chi connectivity index (χ2n) is 7.67. The Kier molecular flexibility index (Phi) is 7.67. The van der Waals surface area contributed by atoms with Gasteiger partial charge in [-0.15, -0.1) is 0 Å². The van der Waals surface area contributed by atoms with Crippen LogP contribution < -0.4 is 5.32 Å². The van der Waals surface area contributed by atoms with Crippen molar-refractivity contribution in [3.05, 3.63) is 81.7 Å². The van der Waals surface area contributed by atoms with E-state index in [1.165, 1.54) is 24.5 Å². The number of nitrogens with one attached hydrogen (secondary N) is 1. The highest BCUT2D eigenvalue weighted by molar-refractivity contribution is 7.89. The largest absolute Gasteiger partial charge is 0.468 e. The molecular weight excluding hydrogens is 471 g/mol. The van der Waals surface area contributed by atoms with Gasteiger partial charge in [-0.25, -0.2) is 8.42 Å². The first-order chi connectivity index (χ1) is 15.1. The number of para-hydroxylation sites is 1. The zero-order chi connectivity index (χ0) is 23.5. The lowest BCUT2D eigenvalue weighted by molar-refractivity contribution is -0.116. The van der Waals surface area contributed by atoms with E-state index in [4.69, 9.17) is 27.6 Å². The van der Waals surface area contributed by atoms with Crippen LogP contribution in [0, 0.1) is 6.92 Å². The Morgan fingerprint density at radius 2 is 1.84 bits per heavy atom. The van der Waals surface area contributed by atoms with E-state index in [0.717, 1.165) is 15.4 Å². The number of benzene rings is 2. The van der Waals surface area contributed by atoms with Crippen molar-refractivity contribution < 1.29 is 17.6 Å². The minimum Gasteiger partial charge on any atom is -0.468 e. The molecule has 0 aliphatic carbocycles. The Labute approximate surface area is 198 Å². The molecule has 0 spiro atoms. The van der Waals surface area contributed by atoms with Crippen molar-refractivity contribution in [3.8, 4) is 0 Å². The molecular formula is C23H24Cl2N2O4S. The van der Waals surface area contributed by atoms with Gasteiger partial charge < -0.3 is 9.73 Å². The normalized spacial score (nSPS) is 11.8. The maximum atomic E-state index is 13.4. The average molecular weight is 495 g/mol. The second-order valence-corrected chi connectivity index (χ2v) is 10.4. The van der Waals surface area contributed by atoms with Crippen LogP contribution in [0.25, 0.3) is 0 Å². The first-order valence-corrected chi connectivity index (χ1v) is 12.2. The van der Waals surface area contributed by atoms with E-state index < -0.39 is 22.5 Å². The van der Waals surface area contributed by atoms with E-state index in [1.807, 2.05) is 39.0 Å². The van der Waals surface area contributed by atoms with E-state index in [2.05, 4.69) is 5.32 Å². The molecule has 1 aromatic heterocycles. The summed E-state index contributed by atoms with van der Waals surface area (Å²) < 4.78 is 33.1. The van der Waals surface area contributed by atoms with Gasteiger partial charge in [-0.1, -0.05) is 55.2 Å². The quantitative estimate of drug-likeness (QED) is 0.425. The number of rotatable bonds is 8. The number of aryl methyl sites for hydroxylation is 1. The summed E-state index contributed by atoms with van der Waals surface area (Å²) in [5.41, 5.74) is 2.56. The van der Waals surface area contributed by atoms with Gasteiger partial charge in [0.05, 0.1) is 34.3 Å². The number of hydrogen-bond donors (Lipinski definition) is 1. The van der Waals surface area contributed by atoms with Crippen LogP contribution in [0.2, 0.25) is 10.0 Å². The van der Waals surface area contributed by atoms with Gasteiger partial charge in [0.1, 0.15) is 5.76 Å². The van der Waals surface area contributed by atoms with Crippen molar-refractivity contribution in [1.82, 2.24) is 4.31 Å². The Morgan fingerprint density at radius 1 is 1.09 bits per heavy atom. The van der Waals surface area contributed by atoms with Gasteiger partial charge in [0, 0.05) is 5.69 Å². The topological polar surface area (TPSA) is 79.6 Å². The van der Waals surface area contributed by atoms with Crippen molar-refractivity contribution in [2.75, 3.05) is 11.9 Å². The number of furan rings is 1. The molecule has 2 aromatic carbocycles. The lowest BCUT2D eigenvalue weighted by Crippen LogP contribution is -2.37. The van der Waals surface area contributed by atoms with Gasteiger partial charge in [0.2, 0.25) is 15.9 Å². The van der Waals surface area contributed by atoms with E-state index in [1.54, 1.807) is 12.1 Å². The molecule has 0 unspecified atom stereocenters. The second kappa shape index (κ2) is 10.1. The highest BCUT2D eigenvalue weighted by Crippen LogP contribution is 2.29. The molecule has 32 heavy (non-hydrogen) atoms. The number of carbonyl (C=O) groups excluding carboxylic acids is 1. The third kappa shape index (κ3) is 5.53. The van der Waals surface area contributed by atoms with Crippen LogP contribution in [0.5, 0.6) is 0 Å². The highest BCUT2D eigenvalue weighted by atomic mass is 35.5. The smallest absolute Gasteiger partial charge is 0.244 e. The fraction of sp³-hybridized carbons (Fsp3) is 0.261. The molecule has 0 bridgehead atoms. The lowest BCUT2D eigenvalue weighted by Gasteiger charge is -2.22. The van der Waals surface area contributed by atoms with E-state index in [0.29, 0.717) is 11.4 Å². The molecule has 0 fully saturated rings. The lowest BCUT2D eigenvalue weighted by atomic mass is 9.98. The Morgan fingerprint density at radius 3 is 2.47 bits per heavy atom. The van der Waals surface area contributed by atoms with Gasteiger partial charge in [0.25, 0.3) is 0 Å². The molecule has 0 aliphatic rings. The minimum absolute atomic E-state index is 0.0648. The van der Waals surface area contributed by atoms with E-state index in [9.17, 15) is 13.2 Å². The number of anilines is 1. The number of sulfonamides is 1. The summed E-state index contributed by atoms with van der Waals surface area (Å²) in [4.78, 5) is 12.9. The number of hydrogen-bond acceptors (Lipinski definition) is 4. The number of amides is 1. The standard InChI is InChI=1S/C23H24Cl2N2O4S/c1-15(2)19-8-4-6-16(3)23(19)26-22(28)14-27(13-17-7-5-11-31-17)32(29,30)18-9-10-20(24)21(25)12-18/h4-12,15H,13-14H2,1-3H3,(H,26,28). The monoisotopic (exact) mass is 494 g/mol. The first kappa shape index (κ1) is 24.3. The third-order valence-electron chi connectivity index (χ3n) is 4.95. The first-order valence-electron chi connectivity index (χ1n) is 9.96. The van der Waals surface area contributed by atoms with Crippen molar-refractivity contribution in [3.63, 3.8) is 0 Å². The van der Waals surface area contributed by atoms with Crippen LogP contribution >= 0.6 is 23.2 Å². The molecule has 0 radical (unpaired) electrons. The number of nitrogens with zero attached hydrogens (tertiary/aromatic N) is 1. The zero-order valence-electron chi connectivity index (χ0n) is 17.9. The SMILES string of the molecule is Cc1cccc(C(C)C)c1NC(=O)CN(Cc1ccco1)S(=O)(=O)c1ccc(Cl)c(Cl)c1. The van der Waals surface area contributed by atoms with Crippen LogP contribution in [0.15, 0.2) is 64.1 Å². The fourth-order valence-corrected chi connectivity index (χ4v) is 5.02. The summed E-state index contributed by atoms with van der Waals surface area (Å²) in [7, 11) is -4.07. The van der Waals surface area contributed by atoms with Gasteiger partial charge in [0.15, 0.2) is 0 Å². The molecule has 0 atom stereocenters. The molecule has 1 heterocycles. The van der Waals surface area contributed by atoms with Crippen LogP contribution in [0.3, 0.4) is 0 Å². The summed E-state index contributed by atoms with van der Waals surface area (Å²) >= 11 is 12.0. The third-order valence-corrected chi connectivity index (χ3v) is 7.48. The summed E-state index contributed by atoms with van der Waals surface area (Å²) in [6, 6.07) is 13.1. The van der Waals surface area contributed by atoms with Gasteiger partial charge in [-0.3, -0.25) is 4.79 Å². The van der Waals surface area contributed by atoms with Crippen LogP contribution in [0.1, 0.15) is 36.7 Å². The van der Waals surface area contributed by atoms with Crippen LogP contribution in [-0.2, 0) is 21.4 Å². The predicted octanol–water partition coefficient (Wildman–Crippen LogP) is 5.85. The van der Waals surface area contributed by atoms with Gasteiger partial charge in [-0.05, 0) is 54.3 Å². The van der Waals surface area contributed by atoms with Crippen molar-refractivity contribution in [2.45, 2.75) is 38.1 Å². The van der Waals surface area contributed by atoms with Crippen LogP contribution in [-0.4, -0.2) is 25.2 Å². The summed E-state index contributed by atoms with van der Waals surface area (Å²) in [5.74, 6) is 0.126. The summed E-state index contributed by atoms with van der Waals surface area (Å²) in [6.45, 7) is 5.43. The van der Waals surface area contributed by atoms with Crippen molar-refractivity contribution >= 4 is 44.8 Å². The minimum atomic E-state index is -4.07. The molecule has 6 nitrogen and oxygen atoms in total. The van der Waals surface area contributed by atoms with Crippen LogP contribution in [0.4, 0.5) is 5.69 Å². The highest BCUT2D eigenvalue weighted by Gasteiger charge is 2.29. The van der Waals surface area contributed by atoms with Gasteiger partial charge >= 0.3 is 0 Å². The summed E-state index contributed by atoms with van der Waals surface area (Å²) in [5, 5.41) is 3.24. The van der Waals surface area contributed by atoms with E-state index in [-0.39, 0.29) is 27.4 Å². The molecule has 3 rings (SSSR count). The molecule has 0 aliphatic heterocycles. The maximum Gasteiger partial charge on any atom is 0.244 e. The molecule has 1 N–H and O–H groups in total. The fourth-order valence-electron chi connectivity index (χ4n) is 3.27. The molecule has 1 amide bonds. The molecule has 170 valence electrons. The molecule has 3 aromatic rings. The Bertz CT molecular complexity index is 1210. The molecule has 0 saturated carbocycles. The maximum absolute atomic E-state index is 13.4. The van der Waals surface area contributed by atoms with Gasteiger partial charge in [-0.2, -0.15) is 4.31 Å².